The SMILES string of the molecule is CC(C)c1nc2c(Oc3ccc(C(F)(F)F)cc3)ccc(C#N)c2o1. The van der Waals surface area contributed by atoms with Gasteiger partial charge < -0.3 is 9.15 Å². The molecule has 0 aliphatic carbocycles. The molecule has 25 heavy (non-hydrogen) atoms. The molecule has 1 heterocycles. The van der Waals surface area contributed by atoms with E-state index in [1.165, 1.54) is 18.2 Å². The van der Waals surface area contributed by atoms with Crippen LogP contribution in [0.15, 0.2) is 40.8 Å². The van der Waals surface area contributed by atoms with Gasteiger partial charge in [0.1, 0.15) is 11.8 Å². The van der Waals surface area contributed by atoms with Crippen LogP contribution >= 0.6 is 0 Å². The highest BCUT2D eigenvalue weighted by Gasteiger charge is 2.30. The van der Waals surface area contributed by atoms with E-state index in [0.717, 1.165) is 12.1 Å². The summed E-state index contributed by atoms with van der Waals surface area (Å²) in [6.07, 6.45) is -4.40. The van der Waals surface area contributed by atoms with E-state index in [2.05, 4.69) is 4.98 Å². The summed E-state index contributed by atoms with van der Waals surface area (Å²) < 4.78 is 49.2. The van der Waals surface area contributed by atoms with E-state index >= 15 is 0 Å². The van der Waals surface area contributed by atoms with Crippen LogP contribution in [0.1, 0.15) is 36.8 Å². The van der Waals surface area contributed by atoms with E-state index in [9.17, 15) is 18.4 Å². The highest BCUT2D eigenvalue weighted by Crippen LogP contribution is 2.35. The Kier molecular flexibility index (Phi) is 4.13. The van der Waals surface area contributed by atoms with Crippen molar-refractivity contribution < 1.29 is 22.3 Å². The monoisotopic (exact) mass is 346 g/mol. The molecule has 0 atom stereocenters. The van der Waals surface area contributed by atoms with Gasteiger partial charge >= 0.3 is 6.18 Å². The molecule has 4 nitrogen and oxygen atoms in total. The van der Waals surface area contributed by atoms with Crippen molar-refractivity contribution in [3.63, 3.8) is 0 Å². The Labute approximate surface area is 141 Å². The summed E-state index contributed by atoms with van der Waals surface area (Å²) in [6, 6.07) is 9.45. The number of aromatic nitrogens is 1. The number of benzene rings is 2. The lowest BCUT2D eigenvalue weighted by molar-refractivity contribution is -0.137. The lowest BCUT2D eigenvalue weighted by atomic mass is 10.2. The van der Waals surface area contributed by atoms with Gasteiger partial charge in [0.2, 0.25) is 0 Å². The number of alkyl halides is 3. The summed E-state index contributed by atoms with van der Waals surface area (Å²) >= 11 is 0. The summed E-state index contributed by atoms with van der Waals surface area (Å²) in [5.41, 5.74) is 0.223. The van der Waals surface area contributed by atoms with Crippen molar-refractivity contribution in [2.75, 3.05) is 0 Å². The van der Waals surface area contributed by atoms with Crippen LogP contribution < -0.4 is 4.74 Å². The molecule has 0 aliphatic rings. The van der Waals surface area contributed by atoms with Crippen molar-refractivity contribution >= 4 is 11.1 Å². The number of nitrogens with zero attached hydrogens (tertiary/aromatic N) is 2. The number of hydrogen-bond acceptors (Lipinski definition) is 4. The molecule has 0 fully saturated rings. The van der Waals surface area contributed by atoms with Crippen molar-refractivity contribution in [1.29, 1.82) is 5.26 Å². The number of hydrogen-bond donors (Lipinski definition) is 0. The number of ether oxygens (including phenoxy) is 1. The molecule has 0 saturated heterocycles. The van der Waals surface area contributed by atoms with Gasteiger partial charge in [-0.25, -0.2) is 4.98 Å². The maximum atomic E-state index is 12.6. The quantitative estimate of drug-likeness (QED) is 0.616. The van der Waals surface area contributed by atoms with Gasteiger partial charge in [-0.1, -0.05) is 13.8 Å². The van der Waals surface area contributed by atoms with Gasteiger partial charge in [0.05, 0.1) is 11.1 Å². The summed E-state index contributed by atoms with van der Waals surface area (Å²) in [7, 11) is 0. The van der Waals surface area contributed by atoms with E-state index < -0.39 is 11.7 Å². The highest BCUT2D eigenvalue weighted by atomic mass is 19.4. The lowest BCUT2D eigenvalue weighted by Crippen LogP contribution is -2.04. The van der Waals surface area contributed by atoms with Crippen LogP contribution in [0.3, 0.4) is 0 Å². The average molecular weight is 346 g/mol. The number of rotatable bonds is 3. The number of oxazole rings is 1. The first-order valence-corrected chi connectivity index (χ1v) is 7.48. The first kappa shape index (κ1) is 16.8. The molecule has 0 N–H and O–H groups in total. The molecule has 0 bridgehead atoms. The fraction of sp³-hybridized carbons (Fsp3) is 0.222. The third kappa shape index (κ3) is 3.29. The summed E-state index contributed by atoms with van der Waals surface area (Å²) in [5, 5.41) is 9.19. The summed E-state index contributed by atoms with van der Waals surface area (Å²) in [4.78, 5) is 4.35. The molecule has 3 aromatic rings. The Hall–Kier alpha value is -3.01. The Morgan fingerprint density at radius 1 is 1.12 bits per heavy atom. The summed E-state index contributed by atoms with van der Waals surface area (Å²) in [6.45, 7) is 3.79. The molecule has 1 aromatic heterocycles. The first-order valence-electron chi connectivity index (χ1n) is 7.48. The molecule has 0 saturated carbocycles. The molecule has 2 aromatic carbocycles. The van der Waals surface area contributed by atoms with Crippen LogP contribution in [0.4, 0.5) is 13.2 Å². The Bertz CT molecular complexity index is 951. The smallest absolute Gasteiger partial charge is 0.416 e. The van der Waals surface area contributed by atoms with E-state index in [-0.39, 0.29) is 11.7 Å². The molecule has 3 rings (SSSR count). The Balaban J connectivity index is 2.00. The molecule has 0 amide bonds. The van der Waals surface area contributed by atoms with Crippen LogP contribution in [0, 0.1) is 11.3 Å². The van der Waals surface area contributed by atoms with Crippen molar-refractivity contribution in [2.45, 2.75) is 25.9 Å². The predicted molar refractivity (Wildman–Crippen MR) is 84.3 cm³/mol. The van der Waals surface area contributed by atoms with Gasteiger partial charge in [-0.15, -0.1) is 0 Å². The van der Waals surface area contributed by atoms with Gasteiger partial charge in [0.25, 0.3) is 0 Å². The molecular formula is C18H13F3N2O2. The minimum absolute atomic E-state index is 0.0119. The van der Waals surface area contributed by atoms with Crippen LogP contribution in [0.2, 0.25) is 0 Å². The molecule has 0 aliphatic heterocycles. The van der Waals surface area contributed by atoms with Gasteiger partial charge in [-0.2, -0.15) is 18.4 Å². The maximum Gasteiger partial charge on any atom is 0.416 e. The number of nitriles is 1. The standard InChI is InChI=1S/C18H13F3N2O2/c1-10(2)17-23-15-14(8-3-11(9-22)16(15)25-17)24-13-6-4-12(5-7-13)18(19,20)21/h3-8,10H,1-2H3. The van der Waals surface area contributed by atoms with Crippen LogP contribution in [-0.2, 0) is 6.18 Å². The Morgan fingerprint density at radius 2 is 1.80 bits per heavy atom. The number of fused-ring (bicyclic) bond motifs is 1. The lowest BCUT2D eigenvalue weighted by Gasteiger charge is -2.09. The second kappa shape index (κ2) is 6.13. The molecular weight excluding hydrogens is 333 g/mol. The number of halogens is 3. The first-order chi connectivity index (χ1) is 11.8. The highest BCUT2D eigenvalue weighted by molar-refractivity contribution is 5.85. The van der Waals surface area contributed by atoms with Crippen molar-refractivity contribution in [2.24, 2.45) is 0 Å². The van der Waals surface area contributed by atoms with Crippen LogP contribution in [-0.4, -0.2) is 4.98 Å². The van der Waals surface area contributed by atoms with Crippen LogP contribution in [0.25, 0.3) is 11.1 Å². The molecule has 7 heteroatoms. The largest absolute Gasteiger partial charge is 0.455 e. The Morgan fingerprint density at radius 3 is 2.36 bits per heavy atom. The van der Waals surface area contributed by atoms with Crippen molar-refractivity contribution in [3.05, 3.63) is 53.4 Å². The van der Waals surface area contributed by atoms with Crippen LogP contribution in [0.5, 0.6) is 11.5 Å². The zero-order valence-electron chi connectivity index (χ0n) is 13.4. The summed E-state index contributed by atoms with van der Waals surface area (Å²) in [5.74, 6) is 1.00. The topological polar surface area (TPSA) is 59.0 Å². The zero-order chi connectivity index (χ0) is 18.2. The molecule has 128 valence electrons. The van der Waals surface area contributed by atoms with Gasteiger partial charge in [-0.3, -0.25) is 0 Å². The third-order valence-corrected chi connectivity index (χ3v) is 3.55. The minimum Gasteiger partial charge on any atom is -0.455 e. The molecule has 0 radical (unpaired) electrons. The fourth-order valence-electron chi connectivity index (χ4n) is 2.26. The third-order valence-electron chi connectivity index (χ3n) is 3.55. The van der Waals surface area contributed by atoms with E-state index in [0.29, 0.717) is 28.3 Å². The average Bonchev–Trinajstić information content (AvgIpc) is 3.01. The maximum absolute atomic E-state index is 12.6. The van der Waals surface area contributed by atoms with Gasteiger partial charge in [0.15, 0.2) is 22.7 Å². The van der Waals surface area contributed by atoms with E-state index in [1.807, 2.05) is 19.9 Å². The van der Waals surface area contributed by atoms with E-state index in [4.69, 9.17) is 9.15 Å². The second-order valence-corrected chi connectivity index (χ2v) is 5.73. The minimum atomic E-state index is -4.40. The van der Waals surface area contributed by atoms with Gasteiger partial charge in [-0.05, 0) is 36.4 Å². The normalized spacial score (nSPS) is 11.7. The predicted octanol–water partition coefficient (Wildman–Crippen LogP) is 5.63. The fourth-order valence-corrected chi connectivity index (χ4v) is 2.26. The molecule has 0 spiro atoms. The second-order valence-electron chi connectivity index (χ2n) is 5.73. The van der Waals surface area contributed by atoms with Crippen molar-refractivity contribution in [3.8, 4) is 17.6 Å². The van der Waals surface area contributed by atoms with Gasteiger partial charge in [0, 0.05) is 5.92 Å². The van der Waals surface area contributed by atoms with Crippen molar-refractivity contribution in [1.82, 2.24) is 4.98 Å². The molecule has 0 unspecified atom stereocenters. The van der Waals surface area contributed by atoms with E-state index in [1.54, 1.807) is 6.07 Å². The zero-order valence-corrected chi connectivity index (χ0v) is 13.4.